The highest BCUT2D eigenvalue weighted by Gasteiger charge is 2.30. The molecule has 1 aliphatic heterocycles. The molecule has 1 fully saturated rings. The fourth-order valence-corrected chi connectivity index (χ4v) is 3.90. The van der Waals surface area contributed by atoms with Crippen LogP contribution in [-0.4, -0.2) is 47.9 Å². The lowest BCUT2D eigenvalue weighted by Crippen LogP contribution is -2.34. The number of aromatic nitrogens is 1. The molecule has 0 unspecified atom stereocenters. The molecule has 2 aromatic carbocycles. The molecular weight excluding hydrogens is 442 g/mol. The Morgan fingerprint density at radius 2 is 1.94 bits per heavy atom. The third-order valence-corrected chi connectivity index (χ3v) is 5.88. The van der Waals surface area contributed by atoms with Crippen LogP contribution in [0.1, 0.15) is 29.2 Å². The van der Waals surface area contributed by atoms with Crippen molar-refractivity contribution < 1.29 is 14.3 Å². The first-order chi connectivity index (χ1) is 17.0. The van der Waals surface area contributed by atoms with Crippen LogP contribution in [-0.2, 0) is 16.0 Å². The van der Waals surface area contributed by atoms with Gasteiger partial charge >= 0.3 is 0 Å². The molecule has 0 spiro atoms. The quantitative estimate of drug-likeness (QED) is 0.499. The van der Waals surface area contributed by atoms with E-state index >= 15 is 0 Å². The van der Waals surface area contributed by atoms with Gasteiger partial charge in [0.15, 0.2) is 6.10 Å². The van der Waals surface area contributed by atoms with Crippen LogP contribution in [0.25, 0.3) is 0 Å². The van der Waals surface area contributed by atoms with Crippen molar-refractivity contribution in [3.05, 3.63) is 89.6 Å². The van der Waals surface area contributed by atoms with Crippen molar-refractivity contribution in [2.75, 3.05) is 25.5 Å². The van der Waals surface area contributed by atoms with Gasteiger partial charge in [0.1, 0.15) is 17.6 Å². The van der Waals surface area contributed by atoms with Gasteiger partial charge < -0.3 is 20.3 Å². The molecule has 1 aromatic heterocycles. The number of rotatable bonds is 9. The average molecular weight is 470 g/mol. The van der Waals surface area contributed by atoms with E-state index in [9.17, 15) is 9.59 Å². The average Bonchev–Trinajstić information content (AvgIpc) is 3.20. The van der Waals surface area contributed by atoms with Crippen molar-refractivity contribution in [3.63, 3.8) is 0 Å². The lowest BCUT2D eigenvalue weighted by atomic mass is 10.1. The molecule has 2 heterocycles. The van der Waals surface area contributed by atoms with E-state index in [1.165, 1.54) is 6.20 Å². The summed E-state index contributed by atoms with van der Waals surface area (Å²) in [6.07, 6.45) is 2.37. The van der Waals surface area contributed by atoms with E-state index in [-0.39, 0.29) is 11.8 Å². The summed E-state index contributed by atoms with van der Waals surface area (Å²) in [5.74, 6) is 0.605. The van der Waals surface area contributed by atoms with Crippen molar-refractivity contribution in [1.82, 2.24) is 15.2 Å². The molecule has 2 amide bonds. The topological polar surface area (TPSA) is 107 Å². The summed E-state index contributed by atoms with van der Waals surface area (Å²) in [6.45, 7) is 1.24. The van der Waals surface area contributed by atoms with Gasteiger partial charge in [-0.05, 0) is 41.8 Å². The predicted octanol–water partition coefficient (Wildman–Crippen LogP) is 3.07. The number of hydrogen-bond acceptors (Lipinski definition) is 6. The predicted molar refractivity (Wildman–Crippen MR) is 132 cm³/mol. The Hall–Kier alpha value is -4.22. The Labute approximate surface area is 204 Å². The van der Waals surface area contributed by atoms with Gasteiger partial charge in [-0.1, -0.05) is 42.5 Å². The molecule has 8 heteroatoms. The summed E-state index contributed by atoms with van der Waals surface area (Å²) in [7, 11) is 1.75. The molecule has 0 bridgehead atoms. The first-order valence-electron chi connectivity index (χ1n) is 11.5. The Balaban J connectivity index is 1.37. The molecular formula is C27H27N5O3. The summed E-state index contributed by atoms with van der Waals surface area (Å²) < 4.78 is 5.75. The number of likely N-dealkylation sites (tertiary alicyclic amines) is 1. The van der Waals surface area contributed by atoms with E-state index in [4.69, 9.17) is 10.00 Å². The monoisotopic (exact) mass is 469 g/mol. The van der Waals surface area contributed by atoms with E-state index in [1.807, 2.05) is 42.5 Å². The molecule has 2 N–H and O–H groups in total. The highest BCUT2D eigenvalue weighted by atomic mass is 16.5. The second-order valence-corrected chi connectivity index (χ2v) is 8.38. The molecule has 0 radical (unpaired) electrons. The summed E-state index contributed by atoms with van der Waals surface area (Å²) in [5.41, 5.74) is 2.54. The third kappa shape index (κ3) is 6.22. The number of nitrogens with one attached hydrogen (secondary N) is 2. The number of likely N-dealkylation sites (N-methyl/N-ethyl adjacent to an activating group) is 1. The van der Waals surface area contributed by atoms with E-state index in [1.54, 1.807) is 36.2 Å². The van der Waals surface area contributed by atoms with Gasteiger partial charge in [0.2, 0.25) is 5.91 Å². The number of carbonyl (C=O) groups is 2. The number of pyridine rings is 1. The minimum absolute atomic E-state index is 0.0415. The van der Waals surface area contributed by atoms with Crippen LogP contribution in [0.15, 0.2) is 72.9 Å². The van der Waals surface area contributed by atoms with Crippen LogP contribution in [0.5, 0.6) is 5.75 Å². The number of anilines is 1. The fourth-order valence-electron chi connectivity index (χ4n) is 3.90. The van der Waals surface area contributed by atoms with Gasteiger partial charge in [-0.3, -0.25) is 9.59 Å². The van der Waals surface area contributed by atoms with E-state index in [0.717, 1.165) is 11.1 Å². The molecule has 8 nitrogen and oxygen atoms in total. The van der Waals surface area contributed by atoms with Gasteiger partial charge in [-0.15, -0.1) is 0 Å². The molecule has 4 rings (SSSR count). The van der Waals surface area contributed by atoms with Crippen molar-refractivity contribution in [2.24, 2.45) is 0 Å². The summed E-state index contributed by atoms with van der Waals surface area (Å²) in [5, 5.41) is 15.1. The van der Waals surface area contributed by atoms with Gasteiger partial charge in [0.25, 0.3) is 5.91 Å². The van der Waals surface area contributed by atoms with Crippen LogP contribution in [0.2, 0.25) is 0 Å². The van der Waals surface area contributed by atoms with Crippen LogP contribution in [0.3, 0.4) is 0 Å². The number of amides is 2. The van der Waals surface area contributed by atoms with Crippen molar-refractivity contribution in [3.8, 4) is 11.8 Å². The van der Waals surface area contributed by atoms with Crippen molar-refractivity contribution in [1.29, 1.82) is 5.26 Å². The number of hydrogen-bond donors (Lipinski definition) is 2. The van der Waals surface area contributed by atoms with Gasteiger partial charge in [-0.25, -0.2) is 4.98 Å². The van der Waals surface area contributed by atoms with E-state index in [2.05, 4.69) is 21.7 Å². The van der Waals surface area contributed by atoms with Crippen LogP contribution >= 0.6 is 0 Å². The summed E-state index contributed by atoms with van der Waals surface area (Å²) in [6, 6.07) is 21.8. The number of ether oxygens (including phenoxy) is 1. The van der Waals surface area contributed by atoms with Crippen molar-refractivity contribution >= 4 is 17.6 Å². The van der Waals surface area contributed by atoms with Crippen LogP contribution < -0.4 is 15.4 Å². The molecule has 3 aromatic rings. The maximum absolute atomic E-state index is 13.2. The summed E-state index contributed by atoms with van der Waals surface area (Å²) >= 11 is 0. The first kappa shape index (κ1) is 23.9. The Kier molecular flexibility index (Phi) is 7.70. The SMILES string of the molecule is CN1CC[C@@H](Oc2ccc(NC(=O)[C@H](NCCc3ccc(C#N)cc3)c3ccccc3)nc2)C1=O. The highest BCUT2D eigenvalue weighted by Crippen LogP contribution is 2.20. The normalized spacial score (nSPS) is 15.9. The minimum Gasteiger partial charge on any atom is -0.479 e. The highest BCUT2D eigenvalue weighted by molar-refractivity contribution is 5.94. The number of carbonyl (C=O) groups excluding carboxylic acids is 2. The Morgan fingerprint density at radius 3 is 2.57 bits per heavy atom. The zero-order chi connectivity index (χ0) is 24.6. The maximum atomic E-state index is 13.2. The van der Waals surface area contributed by atoms with Crippen LogP contribution in [0, 0.1) is 11.3 Å². The number of nitrogens with zero attached hydrogens (tertiary/aromatic N) is 3. The molecule has 0 saturated carbocycles. The lowest BCUT2D eigenvalue weighted by molar-refractivity contribution is -0.132. The van der Waals surface area contributed by atoms with Gasteiger partial charge in [0.05, 0.1) is 17.8 Å². The summed E-state index contributed by atoms with van der Waals surface area (Å²) in [4.78, 5) is 31.1. The molecule has 0 aliphatic carbocycles. The molecule has 1 saturated heterocycles. The smallest absolute Gasteiger partial charge is 0.263 e. The van der Waals surface area contributed by atoms with Crippen LogP contribution in [0.4, 0.5) is 5.82 Å². The maximum Gasteiger partial charge on any atom is 0.263 e. The Bertz CT molecular complexity index is 1190. The molecule has 35 heavy (non-hydrogen) atoms. The lowest BCUT2D eigenvalue weighted by Gasteiger charge is -2.19. The van der Waals surface area contributed by atoms with Gasteiger partial charge in [0, 0.05) is 26.6 Å². The fraction of sp³-hybridized carbons (Fsp3) is 0.259. The zero-order valence-electron chi connectivity index (χ0n) is 19.5. The standard InChI is InChI=1S/C27H27N5O3/c1-32-16-14-23(27(32)34)35-22-11-12-24(30-18-22)31-26(33)25(21-5-3-2-4-6-21)29-15-13-19-7-9-20(17-28)10-8-19/h2-12,18,23,25,29H,13-16H2,1H3,(H,30,31,33)/t23-,25-/m1/s1. The third-order valence-electron chi connectivity index (χ3n) is 5.88. The molecule has 1 aliphatic rings. The number of benzene rings is 2. The first-order valence-corrected chi connectivity index (χ1v) is 11.5. The molecule has 2 atom stereocenters. The second-order valence-electron chi connectivity index (χ2n) is 8.38. The molecule has 178 valence electrons. The van der Waals surface area contributed by atoms with Gasteiger partial charge in [-0.2, -0.15) is 5.26 Å². The zero-order valence-corrected chi connectivity index (χ0v) is 19.5. The van der Waals surface area contributed by atoms with E-state index in [0.29, 0.717) is 43.1 Å². The minimum atomic E-state index is -0.570. The second kappa shape index (κ2) is 11.3. The number of nitriles is 1. The Morgan fingerprint density at radius 1 is 1.17 bits per heavy atom. The van der Waals surface area contributed by atoms with E-state index < -0.39 is 12.1 Å². The van der Waals surface area contributed by atoms with Crippen molar-refractivity contribution in [2.45, 2.75) is 25.0 Å². The largest absolute Gasteiger partial charge is 0.479 e.